The van der Waals surface area contributed by atoms with Gasteiger partial charge in [0, 0.05) is 45.7 Å². The maximum absolute atomic E-state index is 14.3. The van der Waals surface area contributed by atoms with Crippen molar-refractivity contribution in [3.8, 4) is 17.2 Å². The summed E-state index contributed by atoms with van der Waals surface area (Å²) in [7, 11) is 5.91. The molecule has 0 spiro atoms. The third-order valence-electron chi connectivity index (χ3n) is 8.59. The molecule has 1 aliphatic carbocycles. The first-order chi connectivity index (χ1) is 19.6. The minimum absolute atomic E-state index is 0.0539. The van der Waals surface area contributed by atoms with Crippen LogP contribution >= 0.6 is 0 Å². The lowest BCUT2D eigenvalue weighted by Crippen LogP contribution is -2.68. The van der Waals surface area contributed by atoms with Crippen LogP contribution in [0, 0.1) is 6.92 Å². The van der Waals surface area contributed by atoms with E-state index in [0.29, 0.717) is 40.5 Å². The molecule has 3 heterocycles. The van der Waals surface area contributed by atoms with Gasteiger partial charge in [0.25, 0.3) is 0 Å². The number of aromatic hydroxyl groups is 1. The largest absolute Gasteiger partial charge is 0.507 e. The number of fused-ring (bicyclic) bond motifs is 6. The molecule has 11 heteroatoms. The number of ketones is 2. The van der Waals surface area contributed by atoms with Crippen LogP contribution in [-0.4, -0.2) is 97.3 Å². The van der Waals surface area contributed by atoms with Crippen molar-refractivity contribution in [3.05, 3.63) is 44.9 Å². The van der Waals surface area contributed by atoms with Crippen LogP contribution in [0.1, 0.15) is 49.4 Å². The highest BCUT2D eigenvalue weighted by atomic mass is 16.5. The Labute approximate surface area is 238 Å². The van der Waals surface area contributed by atoms with Gasteiger partial charge >= 0.3 is 0 Å². The predicted molar refractivity (Wildman–Crippen MR) is 147 cm³/mol. The molecule has 1 amide bonds. The van der Waals surface area contributed by atoms with E-state index in [-0.39, 0.29) is 34.8 Å². The number of benzene rings is 1. The van der Waals surface area contributed by atoms with Gasteiger partial charge in [0.1, 0.15) is 17.9 Å². The molecule has 4 atom stereocenters. The first-order valence-electron chi connectivity index (χ1n) is 13.6. The molecule has 0 unspecified atom stereocenters. The summed E-state index contributed by atoms with van der Waals surface area (Å²) in [6.45, 7) is 5.71. The number of phenolic OH excluding ortho intramolecular Hbond substituents is 1. The van der Waals surface area contributed by atoms with E-state index < -0.39 is 41.7 Å². The molecule has 5 rings (SSSR count). The quantitative estimate of drug-likeness (QED) is 0.355. The van der Waals surface area contributed by atoms with Gasteiger partial charge in [-0.3, -0.25) is 19.3 Å². The number of unbranched alkanes of at least 4 members (excludes halogenated alkanes) is 1. The number of Topliss-reactive ketones (excluding diaryl/α,β-unsaturated/α-hetero) is 2. The molecule has 11 nitrogen and oxygen atoms in total. The molecule has 1 saturated heterocycles. The minimum Gasteiger partial charge on any atom is -0.507 e. The van der Waals surface area contributed by atoms with E-state index in [2.05, 4.69) is 0 Å². The predicted octanol–water partition coefficient (Wildman–Crippen LogP) is 2.18. The number of ether oxygens (including phenoxy) is 4. The number of hydrogen-bond donors (Lipinski definition) is 2. The summed E-state index contributed by atoms with van der Waals surface area (Å²) in [5, 5.41) is 22.9. The number of amides is 1. The maximum atomic E-state index is 14.3. The average molecular weight is 569 g/mol. The number of likely N-dealkylation sites (N-methyl/N-ethyl adjacent to an activating group) is 1. The Hall–Kier alpha value is -3.67. The average Bonchev–Trinajstić information content (AvgIpc) is 2.94. The summed E-state index contributed by atoms with van der Waals surface area (Å²) in [4.78, 5) is 44.7. The van der Waals surface area contributed by atoms with E-state index in [1.807, 2.05) is 6.92 Å². The molecule has 0 aromatic heterocycles. The fourth-order valence-electron chi connectivity index (χ4n) is 6.60. The van der Waals surface area contributed by atoms with Gasteiger partial charge in [-0.2, -0.15) is 0 Å². The summed E-state index contributed by atoms with van der Waals surface area (Å²) < 4.78 is 22.8. The van der Waals surface area contributed by atoms with E-state index in [1.165, 1.54) is 33.2 Å². The molecule has 2 bridgehead atoms. The Morgan fingerprint density at radius 2 is 1.66 bits per heavy atom. The number of methoxy groups -OCH3 is 3. The molecule has 1 aromatic rings. The molecule has 1 aromatic carbocycles. The van der Waals surface area contributed by atoms with E-state index in [4.69, 9.17) is 18.9 Å². The standard InChI is InChI=1S/C30H36N2O9/c1-8-9-10-41-12-17-18-15(23(33)13(2)28(39-6)29(18)40-7)11-16-21-19-20(24(34)14(3)27(38-5)26(19)36)25(35)22(31(21)4)30(37)32(16)17/h11,17,21-22,25,33,35H,8-10,12H2,1-7H3/t17-,21-,22+,25-/m0/s1. The molecule has 0 saturated carbocycles. The zero-order valence-electron chi connectivity index (χ0n) is 24.4. The van der Waals surface area contributed by atoms with E-state index in [1.54, 1.807) is 24.9 Å². The maximum Gasteiger partial charge on any atom is 0.247 e. The SMILES string of the molecule is CCCCOC[C@H]1c2c(c(O)c(C)c(OC)c2OC)C=C2[C@H]3C4=C(C(=O)C(C)=C(OC)C4=O)[C@H](O)[C@H](C(=O)N21)N3C. The van der Waals surface area contributed by atoms with Crippen molar-refractivity contribution < 1.29 is 43.5 Å². The van der Waals surface area contributed by atoms with E-state index in [9.17, 15) is 24.6 Å². The van der Waals surface area contributed by atoms with Crippen molar-refractivity contribution in [2.45, 2.75) is 57.8 Å². The Bertz CT molecular complexity index is 1440. The topological polar surface area (TPSA) is 135 Å². The second kappa shape index (κ2) is 10.6. The number of piperazine rings is 1. The third kappa shape index (κ3) is 3.93. The number of hydrogen-bond acceptors (Lipinski definition) is 10. The normalized spacial score (nSPS) is 25.6. The van der Waals surface area contributed by atoms with Crippen molar-refractivity contribution in [2.75, 3.05) is 41.6 Å². The van der Waals surface area contributed by atoms with Gasteiger partial charge in [-0.15, -0.1) is 0 Å². The van der Waals surface area contributed by atoms with Gasteiger partial charge in [0.05, 0.1) is 40.0 Å². The van der Waals surface area contributed by atoms with Gasteiger partial charge in [-0.1, -0.05) is 13.3 Å². The third-order valence-corrected chi connectivity index (χ3v) is 8.59. The Morgan fingerprint density at radius 3 is 2.27 bits per heavy atom. The van der Waals surface area contributed by atoms with E-state index >= 15 is 0 Å². The van der Waals surface area contributed by atoms with Crippen molar-refractivity contribution in [2.24, 2.45) is 0 Å². The molecule has 0 radical (unpaired) electrons. The van der Waals surface area contributed by atoms with Crippen LogP contribution in [0.4, 0.5) is 0 Å². The van der Waals surface area contributed by atoms with Crippen LogP contribution in [0.5, 0.6) is 17.2 Å². The second-order valence-electron chi connectivity index (χ2n) is 10.7. The molecule has 41 heavy (non-hydrogen) atoms. The molecule has 4 aliphatic rings. The van der Waals surface area contributed by atoms with Crippen LogP contribution in [0.15, 0.2) is 28.2 Å². The molecule has 3 aliphatic heterocycles. The smallest absolute Gasteiger partial charge is 0.247 e. The van der Waals surface area contributed by atoms with E-state index in [0.717, 1.165) is 12.8 Å². The van der Waals surface area contributed by atoms with Crippen LogP contribution in [0.25, 0.3) is 6.08 Å². The fraction of sp³-hybridized carbons (Fsp3) is 0.500. The number of phenols is 1. The van der Waals surface area contributed by atoms with Crippen LogP contribution in [-0.2, 0) is 23.9 Å². The second-order valence-corrected chi connectivity index (χ2v) is 10.7. The molecule has 1 fully saturated rings. The molecule has 2 N–H and O–H groups in total. The number of rotatable bonds is 8. The number of nitrogens with zero attached hydrogens (tertiary/aromatic N) is 2. The van der Waals surface area contributed by atoms with Crippen molar-refractivity contribution >= 4 is 23.5 Å². The van der Waals surface area contributed by atoms with Crippen LogP contribution in [0.3, 0.4) is 0 Å². The van der Waals surface area contributed by atoms with Crippen molar-refractivity contribution in [1.82, 2.24) is 9.80 Å². The first-order valence-corrected chi connectivity index (χ1v) is 13.6. The summed E-state index contributed by atoms with van der Waals surface area (Å²) in [5.74, 6) is -1.02. The zero-order valence-corrected chi connectivity index (χ0v) is 24.4. The number of aliphatic hydroxyl groups excluding tert-OH is 1. The minimum atomic E-state index is -1.55. The summed E-state index contributed by atoms with van der Waals surface area (Å²) in [5.41, 5.74) is 1.75. The summed E-state index contributed by atoms with van der Waals surface area (Å²) in [6.07, 6.45) is 1.82. The first kappa shape index (κ1) is 28.8. The highest BCUT2D eigenvalue weighted by Crippen LogP contribution is 2.54. The van der Waals surface area contributed by atoms with Crippen molar-refractivity contribution in [1.29, 1.82) is 0 Å². The lowest BCUT2D eigenvalue weighted by atomic mass is 9.72. The lowest BCUT2D eigenvalue weighted by Gasteiger charge is -2.55. The zero-order chi connectivity index (χ0) is 29.9. The molecular weight excluding hydrogens is 532 g/mol. The fourth-order valence-corrected chi connectivity index (χ4v) is 6.60. The van der Waals surface area contributed by atoms with Gasteiger partial charge in [-0.05, 0) is 33.4 Å². The number of carbonyl (C=O) groups excluding carboxylic acids is 3. The highest BCUT2D eigenvalue weighted by molar-refractivity contribution is 6.26. The summed E-state index contributed by atoms with van der Waals surface area (Å²) in [6, 6.07) is -2.81. The van der Waals surface area contributed by atoms with Gasteiger partial charge in [0.2, 0.25) is 11.7 Å². The van der Waals surface area contributed by atoms with Gasteiger partial charge < -0.3 is 34.1 Å². The number of carbonyl (C=O) groups is 3. The molecule has 220 valence electrons. The number of aliphatic hydroxyl groups is 1. The Morgan fingerprint density at radius 1 is 0.976 bits per heavy atom. The van der Waals surface area contributed by atoms with Crippen LogP contribution < -0.4 is 9.47 Å². The van der Waals surface area contributed by atoms with Gasteiger partial charge in [-0.25, -0.2) is 0 Å². The number of allylic oxidation sites excluding steroid dienone is 2. The molecular formula is C30H36N2O9. The highest BCUT2D eigenvalue weighted by Gasteiger charge is 2.59. The monoisotopic (exact) mass is 568 g/mol. The lowest BCUT2D eigenvalue weighted by molar-refractivity contribution is -0.150. The Kier molecular flexibility index (Phi) is 7.47. The van der Waals surface area contributed by atoms with Gasteiger partial charge in [0.15, 0.2) is 23.0 Å². The Balaban J connectivity index is 1.80. The van der Waals surface area contributed by atoms with Crippen LogP contribution in [0.2, 0.25) is 0 Å². The van der Waals surface area contributed by atoms with Crippen molar-refractivity contribution in [3.63, 3.8) is 0 Å². The summed E-state index contributed by atoms with van der Waals surface area (Å²) >= 11 is 0.